The Morgan fingerprint density at radius 1 is 1.12 bits per heavy atom. The van der Waals surface area contributed by atoms with Gasteiger partial charge in [-0.2, -0.15) is 0 Å². The normalized spacial score (nSPS) is 29.8. The van der Waals surface area contributed by atoms with Crippen molar-refractivity contribution >= 4 is 17.3 Å². The Labute approximate surface area is 106 Å². The van der Waals surface area contributed by atoms with E-state index < -0.39 is 0 Å². The van der Waals surface area contributed by atoms with Crippen LogP contribution in [0.4, 0.5) is 0 Å². The van der Waals surface area contributed by atoms with Crippen LogP contribution in [0, 0.1) is 11.8 Å². The highest BCUT2D eigenvalue weighted by Crippen LogP contribution is 2.33. The highest BCUT2D eigenvalue weighted by Gasteiger charge is 2.31. The summed E-state index contributed by atoms with van der Waals surface area (Å²) in [4.78, 5) is 0. The molecule has 2 unspecified atom stereocenters. The van der Waals surface area contributed by atoms with E-state index in [2.05, 4.69) is 31.4 Å². The van der Waals surface area contributed by atoms with Crippen molar-refractivity contribution in [2.75, 3.05) is 6.54 Å². The number of nitrogens with one attached hydrogen (secondary N) is 2. The van der Waals surface area contributed by atoms with Crippen LogP contribution in [0.3, 0.4) is 0 Å². The minimum atomic E-state index is 0.593. The van der Waals surface area contributed by atoms with E-state index in [-0.39, 0.29) is 0 Å². The molecule has 16 heavy (non-hydrogen) atoms. The zero-order valence-corrected chi connectivity index (χ0v) is 11.7. The van der Waals surface area contributed by atoms with Gasteiger partial charge in [-0.1, -0.05) is 33.1 Å². The predicted molar refractivity (Wildman–Crippen MR) is 74.6 cm³/mol. The first-order valence-corrected chi connectivity index (χ1v) is 7.18. The van der Waals surface area contributed by atoms with Crippen LogP contribution >= 0.6 is 12.2 Å². The Kier molecular flexibility index (Phi) is 6.10. The fourth-order valence-electron chi connectivity index (χ4n) is 2.90. The van der Waals surface area contributed by atoms with E-state index in [4.69, 9.17) is 12.2 Å². The van der Waals surface area contributed by atoms with Gasteiger partial charge in [0.1, 0.15) is 0 Å². The molecule has 1 aliphatic rings. The van der Waals surface area contributed by atoms with Crippen LogP contribution in [-0.2, 0) is 0 Å². The quantitative estimate of drug-likeness (QED) is 0.741. The minimum absolute atomic E-state index is 0.593. The summed E-state index contributed by atoms with van der Waals surface area (Å²) >= 11 is 5.31. The summed E-state index contributed by atoms with van der Waals surface area (Å²) < 4.78 is 0. The van der Waals surface area contributed by atoms with E-state index in [0.717, 1.165) is 23.5 Å². The van der Waals surface area contributed by atoms with Crippen LogP contribution in [0.25, 0.3) is 0 Å². The molecule has 0 spiro atoms. The van der Waals surface area contributed by atoms with Crippen molar-refractivity contribution < 1.29 is 0 Å². The van der Waals surface area contributed by atoms with Crippen LogP contribution in [0.15, 0.2) is 0 Å². The minimum Gasteiger partial charge on any atom is -0.363 e. The van der Waals surface area contributed by atoms with E-state index in [1.807, 2.05) is 0 Å². The lowest BCUT2D eigenvalue weighted by molar-refractivity contribution is 0.193. The second-order valence-corrected chi connectivity index (χ2v) is 5.21. The van der Waals surface area contributed by atoms with Gasteiger partial charge in [0.25, 0.3) is 0 Å². The highest BCUT2D eigenvalue weighted by atomic mass is 32.1. The van der Waals surface area contributed by atoms with Gasteiger partial charge in [0, 0.05) is 12.6 Å². The molecule has 0 amide bonds. The molecule has 0 aromatic carbocycles. The SMILES string of the molecule is CCNC(=S)NC1C(CC)CCCC1CC. The van der Waals surface area contributed by atoms with Crippen molar-refractivity contribution in [3.8, 4) is 0 Å². The van der Waals surface area contributed by atoms with Crippen molar-refractivity contribution in [2.45, 2.75) is 58.9 Å². The Morgan fingerprint density at radius 2 is 1.69 bits per heavy atom. The first-order valence-electron chi connectivity index (χ1n) is 6.77. The van der Waals surface area contributed by atoms with Gasteiger partial charge in [-0.15, -0.1) is 0 Å². The van der Waals surface area contributed by atoms with Gasteiger partial charge in [-0.05, 0) is 43.8 Å². The van der Waals surface area contributed by atoms with Gasteiger partial charge in [-0.25, -0.2) is 0 Å². The molecule has 2 N–H and O–H groups in total. The molecule has 0 saturated heterocycles. The molecular formula is C13H26N2S. The van der Waals surface area contributed by atoms with Crippen LogP contribution in [-0.4, -0.2) is 17.7 Å². The van der Waals surface area contributed by atoms with Crippen molar-refractivity contribution in [1.29, 1.82) is 0 Å². The molecule has 3 heteroatoms. The number of thiocarbonyl (C=S) groups is 1. The van der Waals surface area contributed by atoms with Gasteiger partial charge in [-0.3, -0.25) is 0 Å². The van der Waals surface area contributed by atoms with Crippen LogP contribution in [0.2, 0.25) is 0 Å². The lowest BCUT2D eigenvalue weighted by Gasteiger charge is -2.38. The summed E-state index contributed by atoms with van der Waals surface area (Å²) in [6, 6.07) is 0.593. The molecule has 0 bridgehead atoms. The predicted octanol–water partition coefficient (Wildman–Crippen LogP) is 3.08. The van der Waals surface area contributed by atoms with Crippen molar-refractivity contribution in [1.82, 2.24) is 10.6 Å². The summed E-state index contributed by atoms with van der Waals surface area (Å²) in [5.74, 6) is 1.60. The van der Waals surface area contributed by atoms with Gasteiger partial charge in [0.2, 0.25) is 0 Å². The van der Waals surface area contributed by atoms with E-state index >= 15 is 0 Å². The Balaban J connectivity index is 2.57. The second kappa shape index (κ2) is 7.10. The molecule has 2 atom stereocenters. The largest absolute Gasteiger partial charge is 0.363 e. The molecule has 1 fully saturated rings. The number of rotatable bonds is 4. The van der Waals surface area contributed by atoms with Crippen LogP contribution < -0.4 is 10.6 Å². The smallest absolute Gasteiger partial charge is 0.166 e. The van der Waals surface area contributed by atoms with Crippen molar-refractivity contribution in [2.24, 2.45) is 11.8 Å². The summed E-state index contributed by atoms with van der Waals surface area (Å²) in [7, 11) is 0. The van der Waals surface area contributed by atoms with E-state index in [0.29, 0.717) is 6.04 Å². The maximum atomic E-state index is 5.31. The first kappa shape index (κ1) is 13.8. The fraction of sp³-hybridized carbons (Fsp3) is 0.923. The fourth-order valence-corrected chi connectivity index (χ4v) is 3.18. The second-order valence-electron chi connectivity index (χ2n) is 4.80. The summed E-state index contributed by atoms with van der Waals surface area (Å²) in [6.07, 6.45) is 6.65. The van der Waals surface area contributed by atoms with E-state index in [1.165, 1.54) is 32.1 Å². The third kappa shape index (κ3) is 3.62. The zero-order chi connectivity index (χ0) is 12.0. The van der Waals surface area contributed by atoms with E-state index in [9.17, 15) is 0 Å². The average Bonchev–Trinajstić information content (AvgIpc) is 2.29. The number of hydrogen-bond acceptors (Lipinski definition) is 1. The molecule has 2 nitrogen and oxygen atoms in total. The lowest BCUT2D eigenvalue weighted by Crippen LogP contribution is -2.50. The molecular weight excluding hydrogens is 216 g/mol. The Morgan fingerprint density at radius 3 is 2.12 bits per heavy atom. The molecule has 0 aromatic heterocycles. The van der Waals surface area contributed by atoms with Gasteiger partial charge < -0.3 is 10.6 Å². The van der Waals surface area contributed by atoms with Crippen LogP contribution in [0.1, 0.15) is 52.9 Å². The Hall–Kier alpha value is -0.310. The van der Waals surface area contributed by atoms with Crippen molar-refractivity contribution in [3.05, 3.63) is 0 Å². The average molecular weight is 242 g/mol. The third-order valence-corrected chi connectivity index (χ3v) is 4.11. The maximum Gasteiger partial charge on any atom is 0.166 e. The number of hydrogen-bond donors (Lipinski definition) is 2. The maximum absolute atomic E-state index is 5.31. The van der Waals surface area contributed by atoms with E-state index in [1.54, 1.807) is 0 Å². The standard InChI is InChI=1S/C13H26N2S/c1-4-10-8-7-9-11(5-2)12(10)15-13(16)14-6-3/h10-12H,4-9H2,1-3H3,(H2,14,15,16). The molecule has 1 aliphatic carbocycles. The van der Waals surface area contributed by atoms with Crippen LogP contribution in [0.5, 0.6) is 0 Å². The molecule has 94 valence electrons. The zero-order valence-electron chi connectivity index (χ0n) is 10.9. The molecule has 0 heterocycles. The summed E-state index contributed by atoms with van der Waals surface area (Å²) in [5, 5.41) is 7.58. The van der Waals surface area contributed by atoms with Gasteiger partial charge in [0.05, 0.1) is 0 Å². The molecule has 0 radical (unpaired) electrons. The van der Waals surface area contributed by atoms with Crippen molar-refractivity contribution in [3.63, 3.8) is 0 Å². The molecule has 1 rings (SSSR count). The lowest BCUT2D eigenvalue weighted by atomic mass is 9.74. The summed E-state index contributed by atoms with van der Waals surface area (Å²) in [5.41, 5.74) is 0. The third-order valence-electron chi connectivity index (χ3n) is 3.85. The van der Waals surface area contributed by atoms with Gasteiger partial charge >= 0.3 is 0 Å². The monoisotopic (exact) mass is 242 g/mol. The van der Waals surface area contributed by atoms with Gasteiger partial charge in [0.15, 0.2) is 5.11 Å². The molecule has 0 aliphatic heterocycles. The summed E-state index contributed by atoms with van der Waals surface area (Å²) in [6.45, 7) is 7.59. The first-order chi connectivity index (χ1) is 7.72. The topological polar surface area (TPSA) is 24.1 Å². The highest BCUT2D eigenvalue weighted by molar-refractivity contribution is 7.80. The molecule has 1 saturated carbocycles. The Bertz CT molecular complexity index is 206. The molecule has 0 aromatic rings.